The molecule has 4 rings (SSSR count). The molecular weight excluding hydrogens is 330 g/mol. The summed E-state index contributed by atoms with van der Waals surface area (Å²) < 4.78 is 43.6. The third-order valence-corrected chi connectivity index (χ3v) is 6.04. The Kier molecular flexibility index (Phi) is 3.91. The van der Waals surface area contributed by atoms with Crippen molar-refractivity contribution in [2.75, 3.05) is 26.5 Å². The van der Waals surface area contributed by atoms with E-state index in [0.717, 1.165) is 5.56 Å². The number of ether oxygens (including phenoxy) is 3. The van der Waals surface area contributed by atoms with Crippen molar-refractivity contribution < 1.29 is 22.6 Å². The zero-order valence-corrected chi connectivity index (χ0v) is 13.7. The maximum absolute atomic E-state index is 12.9. The number of morpholine rings is 1. The fraction of sp³-hybridized carbons (Fsp3) is 0.294. The predicted molar refractivity (Wildman–Crippen MR) is 86.5 cm³/mol. The van der Waals surface area contributed by atoms with Crippen LogP contribution in [0.15, 0.2) is 53.4 Å². The average molecular weight is 347 g/mol. The van der Waals surface area contributed by atoms with Crippen molar-refractivity contribution in [2.24, 2.45) is 0 Å². The summed E-state index contributed by atoms with van der Waals surface area (Å²) in [6, 6.07) is 14.4. The van der Waals surface area contributed by atoms with Crippen molar-refractivity contribution in [3.05, 3.63) is 54.1 Å². The van der Waals surface area contributed by atoms with Crippen LogP contribution in [0, 0.1) is 0 Å². The van der Waals surface area contributed by atoms with E-state index in [1.165, 1.54) is 10.4 Å². The minimum absolute atomic E-state index is 0.118. The van der Waals surface area contributed by atoms with E-state index < -0.39 is 10.0 Å². The minimum Gasteiger partial charge on any atom is -0.454 e. The molecule has 126 valence electrons. The highest BCUT2D eigenvalue weighted by Crippen LogP contribution is 2.35. The second kappa shape index (κ2) is 6.08. The van der Waals surface area contributed by atoms with Crippen molar-refractivity contribution in [1.29, 1.82) is 0 Å². The Labute approximate surface area is 140 Å². The molecule has 0 aliphatic carbocycles. The summed E-state index contributed by atoms with van der Waals surface area (Å²) in [6.07, 6.45) is -0.260. The maximum atomic E-state index is 12.9. The third-order valence-electron chi connectivity index (χ3n) is 4.18. The lowest BCUT2D eigenvalue weighted by atomic mass is 10.1. The first-order valence-electron chi connectivity index (χ1n) is 7.71. The number of rotatable bonds is 3. The molecule has 1 fully saturated rings. The molecule has 6 nitrogen and oxygen atoms in total. The van der Waals surface area contributed by atoms with Gasteiger partial charge in [0.05, 0.1) is 17.6 Å². The van der Waals surface area contributed by atoms with E-state index in [4.69, 9.17) is 14.2 Å². The topological polar surface area (TPSA) is 65.1 Å². The number of hydrogen-bond donors (Lipinski definition) is 0. The lowest BCUT2D eigenvalue weighted by Crippen LogP contribution is -2.42. The highest BCUT2D eigenvalue weighted by molar-refractivity contribution is 7.89. The Balaban J connectivity index is 1.60. The summed E-state index contributed by atoms with van der Waals surface area (Å²) in [5.74, 6) is 1.03. The molecule has 7 heteroatoms. The molecule has 1 saturated heterocycles. The minimum atomic E-state index is -3.61. The fourth-order valence-electron chi connectivity index (χ4n) is 2.90. The van der Waals surface area contributed by atoms with Gasteiger partial charge in [-0.3, -0.25) is 0 Å². The van der Waals surface area contributed by atoms with Crippen LogP contribution >= 0.6 is 0 Å². The smallest absolute Gasteiger partial charge is 0.243 e. The number of benzene rings is 2. The van der Waals surface area contributed by atoms with Gasteiger partial charge in [-0.1, -0.05) is 30.3 Å². The lowest BCUT2D eigenvalue weighted by molar-refractivity contribution is -0.00255. The molecule has 1 atom stereocenters. The van der Waals surface area contributed by atoms with Crippen LogP contribution in [0.5, 0.6) is 11.5 Å². The predicted octanol–water partition coefficient (Wildman–Crippen LogP) is 2.18. The van der Waals surface area contributed by atoms with Gasteiger partial charge >= 0.3 is 0 Å². The molecule has 0 amide bonds. The van der Waals surface area contributed by atoms with Gasteiger partial charge in [0.1, 0.15) is 0 Å². The normalized spacial score (nSPS) is 20.9. The number of nitrogens with zero attached hydrogens (tertiary/aromatic N) is 1. The molecule has 2 aliphatic rings. The number of fused-ring (bicyclic) bond motifs is 1. The Morgan fingerprint density at radius 1 is 1.00 bits per heavy atom. The zero-order chi connectivity index (χ0) is 16.6. The molecule has 0 spiro atoms. The summed E-state index contributed by atoms with van der Waals surface area (Å²) in [7, 11) is -3.61. The Bertz CT molecular complexity index is 837. The average Bonchev–Trinajstić information content (AvgIpc) is 3.10. The molecular formula is C17H17NO5S. The van der Waals surface area contributed by atoms with E-state index in [1.54, 1.807) is 12.1 Å². The monoisotopic (exact) mass is 347 g/mol. The quantitative estimate of drug-likeness (QED) is 0.851. The molecule has 0 saturated carbocycles. The van der Waals surface area contributed by atoms with Crippen molar-refractivity contribution in [2.45, 2.75) is 11.0 Å². The first-order valence-corrected chi connectivity index (χ1v) is 9.15. The van der Waals surface area contributed by atoms with Gasteiger partial charge in [0, 0.05) is 19.2 Å². The first-order chi connectivity index (χ1) is 11.6. The van der Waals surface area contributed by atoms with Crippen molar-refractivity contribution in [3.63, 3.8) is 0 Å². The van der Waals surface area contributed by atoms with Gasteiger partial charge in [-0.05, 0) is 17.7 Å². The van der Waals surface area contributed by atoms with E-state index in [9.17, 15) is 8.42 Å². The van der Waals surface area contributed by atoms with Gasteiger partial charge in [0.25, 0.3) is 0 Å². The van der Waals surface area contributed by atoms with E-state index in [-0.39, 0.29) is 17.8 Å². The van der Waals surface area contributed by atoms with Crippen LogP contribution in [0.3, 0.4) is 0 Å². The summed E-state index contributed by atoms with van der Waals surface area (Å²) in [6.45, 7) is 1.11. The Morgan fingerprint density at radius 2 is 1.79 bits per heavy atom. The van der Waals surface area contributed by atoms with Crippen LogP contribution in [-0.4, -0.2) is 39.2 Å². The Hall–Kier alpha value is -2.09. The number of sulfonamides is 1. The van der Waals surface area contributed by atoms with Crippen LogP contribution in [0.2, 0.25) is 0 Å². The fourth-order valence-corrected chi connectivity index (χ4v) is 4.34. The second-order valence-electron chi connectivity index (χ2n) is 5.65. The SMILES string of the molecule is O=S(=O)(c1ccc2c(c1)OCO2)N1CCO[C@@H](c2ccccc2)C1. The van der Waals surface area contributed by atoms with Crippen LogP contribution in [0.25, 0.3) is 0 Å². The summed E-state index contributed by atoms with van der Waals surface area (Å²) >= 11 is 0. The molecule has 0 radical (unpaired) electrons. The van der Waals surface area contributed by atoms with Crippen molar-refractivity contribution in [3.8, 4) is 11.5 Å². The molecule has 2 aromatic rings. The highest BCUT2D eigenvalue weighted by Gasteiger charge is 2.32. The molecule has 0 bridgehead atoms. The summed E-state index contributed by atoms with van der Waals surface area (Å²) in [5, 5.41) is 0. The summed E-state index contributed by atoms with van der Waals surface area (Å²) in [4.78, 5) is 0.209. The summed E-state index contributed by atoms with van der Waals surface area (Å²) in [5.41, 5.74) is 0.975. The van der Waals surface area contributed by atoms with Crippen molar-refractivity contribution >= 4 is 10.0 Å². The lowest BCUT2D eigenvalue weighted by Gasteiger charge is -2.32. The molecule has 0 unspecified atom stereocenters. The van der Waals surface area contributed by atoms with E-state index >= 15 is 0 Å². The van der Waals surface area contributed by atoms with Gasteiger partial charge in [-0.25, -0.2) is 8.42 Å². The first kappa shape index (κ1) is 15.4. The molecule has 0 aromatic heterocycles. The van der Waals surface area contributed by atoms with E-state index in [2.05, 4.69) is 0 Å². The Morgan fingerprint density at radius 3 is 2.62 bits per heavy atom. The van der Waals surface area contributed by atoms with Gasteiger partial charge in [-0.15, -0.1) is 0 Å². The third kappa shape index (κ3) is 2.75. The number of hydrogen-bond acceptors (Lipinski definition) is 5. The van der Waals surface area contributed by atoms with Gasteiger partial charge in [-0.2, -0.15) is 4.31 Å². The van der Waals surface area contributed by atoms with E-state index in [1.807, 2.05) is 30.3 Å². The molecule has 0 N–H and O–H groups in total. The van der Waals surface area contributed by atoms with Crippen LogP contribution in [-0.2, 0) is 14.8 Å². The van der Waals surface area contributed by atoms with Crippen molar-refractivity contribution in [1.82, 2.24) is 4.31 Å². The van der Waals surface area contributed by atoms with Gasteiger partial charge < -0.3 is 14.2 Å². The standard InChI is InChI=1S/C17H17NO5S/c19-24(20,14-6-7-15-16(10-14)23-12-22-15)18-8-9-21-17(11-18)13-4-2-1-3-5-13/h1-7,10,17H,8-9,11-12H2/t17-/m1/s1. The molecule has 24 heavy (non-hydrogen) atoms. The van der Waals surface area contributed by atoms with Gasteiger partial charge in [0.2, 0.25) is 16.8 Å². The maximum Gasteiger partial charge on any atom is 0.243 e. The van der Waals surface area contributed by atoms with E-state index in [0.29, 0.717) is 31.2 Å². The van der Waals surface area contributed by atoms with Crippen LogP contribution < -0.4 is 9.47 Å². The highest BCUT2D eigenvalue weighted by atomic mass is 32.2. The van der Waals surface area contributed by atoms with Crippen LogP contribution in [0.1, 0.15) is 11.7 Å². The molecule has 2 heterocycles. The van der Waals surface area contributed by atoms with Gasteiger partial charge in [0.15, 0.2) is 11.5 Å². The molecule has 2 aliphatic heterocycles. The second-order valence-corrected chi connectivity index (χ2v) is 7.59. The van der Waals surface area contributed by atoms with Crippen LogP contribution in [0.4, 0.5) is 0 Å². The largest absolute Gasteiger partial charge is 0.454 e. The molecule has 2 aromatic carbocycles. The zero-order valence-electron chi connectivity index (χ0n) is 12.9.